The topological polar surface area (TPSA) is 88.4 Å². The average Bonchev–Trinajstić information content (AvgIpc) is 2.71. The van der Waals surface area contributed by atoms with Crippen molar-refractivity contribution in [3.63, 3.8) is 0 Å². The molecule has 0 saturated heterocycles. The number of alkyl halides is 6. The van der Waals surface area contributed by atoms with Gasteiger partial charge in [0, 0.05) is 0 Å². The third-order valence-electron chi connectivity index (χ3n) is 1.70. The van der Waals surface area contributed by atoms with Gasteiger partial charge in [-0.25, -0.2) is 16.8 Å². The normalized spacial score (nSPS) is 15.4. The summed E-state index contributed by atoms with van der Waals surface area (Å²) in [5, 5.41) is 0. The van der Waals surface area contributed by atoms with Gasteiger partial charge in [-0.05, 0) is 6.58 Å². The first kappa shape index (κ1) is 21.3. The number of hydrogen-bond donors (Lipinski definition) is 0. The van der Waals surface area contributed by atoms with Gasteiger partial charge in [0.2, 0.25) is 6.20 Å². The number of halogens is 6. The molecule has 0 atom stereocenters. The lowest BCUT2D eigenvalue weighted by Gasteiger charge is -2.22. The fourth-order valence-electron chi connectivity index (χ4n) is 0.736. The zero-order valence-electron chi connectivity index (χ0n) is 11.0. The molecule has 0 spiro atoms. The summed E-state index contributed by atoms with van der Waals surface area (Å²) < 4.78 is 113. The first-order chi connectivity index (χ1) is 10.0. The molecule has 0 aromatic heterocycles. The van der Waals surface area contributed by atoms with Crippen LogP contribution in [0, 0.1) is 0 Å². The summed E-state index contributed by atoms with van der Waals surface area (Å²) >= 11 is 0. The van der Waals surface area contributed by atoms with E-state index in [1.165, 1.54) is 0 Å². The van der Waals surface area contributed by atoms with Crippen molar-refractivity contribution in [1.29, 1.82) is 0 Å². The highest BCUT2D eigenvalue weighted by Gasteiger charge is 2.46. The Morgan fingerprint density at radius 1 is 1.00 bits per heavy atom. The van der Waals surface area contributed by atoms with Gasteiger partial charge in [-0.3, -0.25) is 0 Å². The Labute approximate surface area is 126 Å². The molecule has 23 heavy (non-hydrogen) atoms. The molecule has 1 aliphatic heterocycles. The molecular weight excluding hydrogens is 380 g/mol. The SMILES string of the molecule is C=C[N+]1=C=[N+](C)C=C1.O=S(=O)([N-]S(=O)(=O)C(F)(F)F)C(F)(F)F. The summed E-state index contributed by atoms with van der Waals surface area (Å²) in [5.41, 5.74) is -12.4. The van der Waals surface area contributed by atoms with Crippen LogP contribution in [0.2, 0.25) is 0 Å². The lowest BCUT2D eigenvalue weighted by atomic mass is 10.8. The standard InChI is InChI=1S/C6H8N2.C2F6NO4S2/c1-3-8-5-4-7(2)6-8;3-1(4,5)14(10,11)9-15(12,13)2(6,7)8/h3-5H,1H2,2H3;/q+2;-1. The van der Waals surface area contributed by atoms with Crippen molar-refractivity contribution in [2.24, 2.45) is 0 Å². The maximum atomic E-state index is 11.4. The molecule has 0 saturated carbocycles. The van der Waals surface area contributed by atoms with Crippen LogP contribution in [-0.2, 0) is 20.0 Å². The molecule has 0 fully saturated rings. The first-order valence-electron chi connectivity index (χ1n) is 4.98. The molecule has 7 nitrogen and oxygen atoms in total. The van der Waals surface area contributed by atoms with Crippen molar-refractivity contribution in [2.75, 3.05) is 7.05 Å². The average molecular weight is 388 g/mol. The molecule has 0 aliphatic carbocycles. The van der Waals surface area contributed by atoms with Gasteiger partial charge in [0.15, 0.2) is 33.3 Å². The van der Waals surface area contributed by atoms with E-state index in [0.717, 1.165) is 4.13 Å². The minimum absolute atomic E-state index is 0.778. The van der Waals surface area contributed by atoms with Crippen molar-refractivity contribution < 1.29 is 52.3 Å². The Kier molecular flexibility index (Phi) is 6.32. The van der Waals surface area contributed by atoms with E-state index >= 15 is 0 Å². The molecule has 1 rings (SSSR count). The Balaban J connectivity index is 0.000000502. The summed E-state index contributed by atoms with van der Waals surface area (Å²) in [6, 6.07) is 2.94. The predicted octanol–water partition coefficient (Wildman–Crippen LogP) is 1.50. The molecule has 132 valence electrons. The van der Waals surface area contributed by atoms with E-state index in [-0.39, 0.29) is 0 Å². The molecule has 1 heterocycles. The largest absolute Gasteiger partial charge is 0.494 e. The van der Waals surface area contributed by atoms with Crippen LogP contribution in [0.15, 0.2) is 25.2 Å². The molecule has 0 unspecified atom stereocenters. The Morgan fingerprint density at radius 2 is 1.39 bits per heavy atom. The van der Waals surface area contributed by atoms with E-state index in [1.54, 1.807) is 10.8 Å². The van der Waals surface area contributed by atoms with Gasteiger partial charge < -0.3 is 4.13 Å². The number of sulfonamides is 2. The van der Waals surface area contributed by atoms with Crippen LogP contribution in [0.1, 0.15) is 0 Å². The Morgan fingerprint density at radius 3 is 1.57 bits per heavy atom. The van der Waals surface area contributed by atoms with Crippen molar-refractivity contribution >= 4 is 26.1 Å². The molecule has 0 aromatic carbocycles. The van der Waals surface area contributed by atoms with Gasteiger partial charge in [0.1, 0.15) is 0 Å². The fraction of sp³-hybridized carbons (Fsp3) is 0.375. The van der Waals surface area contributed by atoms with Gasteiger partial charge >= 0.3 is 17.0 Å². The van der Waals surface area contributed by atoms with Crippen molar-refractivity contribution in [3.05, 3.63) is 29.3 Å². The Hall–Kier alpha value is -1.70. The van der Waals surface area contributed by atoms with Crippen molar-refractivity contribution in [1.82, 2.24) is 0 Å². The van der Waals surface area contributed by atoms with Gasteiger partial charge in [0.25, 0.3) is 6.20 Å². The fourth-order valence-corrected chi connectivity index (χ4v) is 2.45. The van der Waals surface area contributed by atoms with Gasteiger partial charge in [-0.1, -0.05) is 9.15 Å². The van der Waals surface area contributed by atoms with Crippen LogP contribution in [-0.4, -0.2) is 50.1 Å². The molecule has 0 N–H and O–H groups in total. The third kappa shape index (κ3) is 6.13. The second kappa shape index (κ2) is 6.82. The zero-order chi connectivity index (χ0) is 18.7. The summed E-state index contributed by atoms with van der Waals surface area (Å²) in [7, 11) is -11.5. The van der Waals surface area contributed by atoms with Crippen LogP contribution >= 0.6 is 0 Å². The number of hydrogen-bond acceptors (Lipinski definition) is 4. The monoisotopic (exact) mass is 388 g/mol. The molecule has 0 bridgehead atoms. The lowest BCUT2D eigenvalue weighted by Crippen LogP contribution is -2.30. The van der Waals surface area contributed by atoms with Crippen LogP contribution in [0.4, 0.5) is 26.3 Å². The number of nitrogens with zero attached hydrogens (tertiary/aromatic N) is 3. The summed E-state index contributed by atoms with van der Waals surface area (Å²) in [4.78, 5) is 0. The second-order valence-electron chi connectivity index (χ2n) is 3.52. The molecule has 0 aromatic rings. The quantitative estimate of drug-likeness (QED) is 0.542. The molecule has 15 heteroatoms. The molecule has 0 radical (unpaired) electrons. The zero-order valence-corrected chi connectivity index (χ0v) is 12.6. The van der Waals surface area contributed by atoms with Gasteiger partial charge in [-0.2, -0.15) is 26.3 Å². The Bertz CT molecular complexity index is 728. The van der Waals surface area contributed by atoms with E-state index < -0.39 is 31.1 Å². The number of rotatable bonds is 3. The van der Waals surface area contributed by atoms with Crippen LogP contribution in [0.3, 0.4) is 0 Å². The van der Waals surface area contributed by atoms with Crippen molar-refractivity contribution in [3.8, 4) is 0 Å². The second-order valence-corrected chi connectivity index (χ2v) is 6.94. The third-order valence-corrected chi connectivity index (χ3v) is 4.44. The molecular formula is C8H8F6N3O4S2+. The van der Waals surface area contributed by atoms with E-state index in [4.69, 9.17) is 0 Å². The van der Waals surface area contributed by atoms with Gasteiger partial charge in [0.05, 0.1) is 0 Å². The predicted molar refractivity (Wildman–Crippen MR) is 64.1 cm³/mol. The summed E-state index contributed by atoms with van der Waals surface area (Å²) in [6.45, 7) is 3.56. The maximum Gasteiger partial charge on any atom is 0.494 e. The minimum atomic E-state index is -6.72. The van der Waals surface area contributed by atoms with Gasteiger partial charge in [-0.15, -0.1) is 0 Å². The first-order valence-corrected chi connectivity index (χ1v) is 7.86. The van der Waals surface area contributed by atoms with Crippen LogP contribution in [0.25, 0.3) is 4.13 Å². The van der Waals surface area contributed by atoms with E-state index in [2.05, 4.69) is 12.6 Å². The molecule has 1 aliphatic rings. The van der Waals surface area contributed by atoms with Crippen molar-refractivity contribution in [2.45, 2.75) is 11.0 Å². The maximum absolute atomic E-state index is 11.4. The minimum Gasteiger partial charge on any atom is -0.421 e. The smallest absolute Gasteiger partial charge is 0.421 e. The highest BCUT2D eigenvalue weighted by molar-refractivity contribution is 8.13. The van der Waals surface area contributed by atoms with E-state index in [0.29, 0.717) is 0 Å². The van der Waals surface area contributed by atoms with Crippen LogP contribution in [0.5, 0.6) is 0 Å². The highest BCUT2D eigenvalue weighted by atomic mass is 32.3. The highest BCUT2D eigenvalue weighted by Crippen LogP contribution is 2.36. The summed E-state index contributed by atoms with van der Waals surface area (Å²) in [6.07, 6.45) is 5.48. The lowest BCUT2D eigenvalue weighted by molar-refractivity contribution is -0.433. The molecule has 0 amide bonds. The summed E-state index contributed by atoms with van der Waals surface area (Å²) in [5.74, 6) is 0. The van der Waals surface area contributed by atoms with E-state index in [9.17, 15) is 43.2 Å². The van der Waals surface area contributed by atoms with E-state index in [1.807, 2.05) is 24.0 Å². The van der Waals surface area contributed by atoms with Crippen LogP contribution < -0.4 is 0 Å².